The second-order valence-electron chi connectivity index (χ2n) is 7.64. The lowest BCUT2D eigenvalue weighted by Crippen LogP contribution is -2.25. The molecule has 4 rings (SSSR count). The number of carbonyl (C=O) groups excluding carboxylic acids is 1. The number of rotatable bonds is 5. The van der Waals surface area contributed by atoms with Gasteiger partial charge in [-0.1, -0.05) is 86.3 Å². The number of thioether (sulfide) groups is 1. The van der Waals surface area contributed by atoms with Gasteiger partial charge in [-0.05, 0) is 28.7 Å². The molecule has 2 aliphatic heterocycles. The van der Waals surface area contributed by atoms with E-state index >= 15 is 0 Å². The highest BCUT2D eigenvalue weighted by molar-refractivity contribution is 8.04. The van der Waals surface area contributed by atoms with Crippen LogP contribution in [-0.2, 0) is 4.79 Å². The van der Waals surface area contributed by atoms with Crippen LogP contribution in [0.1, 0.15) is 31.4 Å². The third kappa shape index (κ3) is 3.57. The molecule has 4 heteroatoms. The maximum Gasteiger partial charge on any atom is 0.171 e. The number of carbonyl (C=O) groups is 1. The molecule has 2 aliphatic rings. The van der Waals surface area contributed by atoms with Crippen molar-refractivity contribution in [2.45, 2.75) is 25.6 Å². The molecule has 2 N–H and O–H groups in total. The number of dihydropyridines is 1. The van der Waals surface area contributed by atoms with Gasteiger partial charge >= 0.3 is 0 Å². The van der Waals surface area contributed by atoms with Crippen molar-refractivity contribution in [1.29, 1.82) is 0 Å². The van der Waals surface area contributed by atoms with Gasteiger partial charge in [0.25, 0.3) is 0 Å². The normalized spacial score (nSPS) is 21.4. The van der Waals surface area contributed by atoms with E-state index in [4.69, 9.17) is 10.7 Å². The van der Waals surface area contributed by atoms with Gasteiger partial charge in [0.05, 0.1) is 16.5 Å². The Morgan fingerprint density at radius 2 is 1.64 bits per heavy atom. The maximum absolute atomic E-state index is 12.8. The van der Waals surface area contributed by atoms with Crippen molar-refractivity contribution in [3.05, 3.63) is 88.5 Å². The highest BCUT2D eigenvalue weighted by Gasteiger charge is 2.41. The average Bonchev–Trinajstić information content (AvgIpc) is 3.05. The molecule has 0 bridgehead atoms. The summed E-state index contributed by atoms with van der Waals surface area (Å²) < 4.78 is 0. The quantitative estimate of drug-likeness (QED) is 0.780. The minimum Gasteiger partial charge on any atom is -0.400 e. The topological polar surface area (TPSA) is 55.5 Å². The lowest BCUT2D eigenvalue weighted by atomic mass is 9.85. The zero-order valence-electron chi connectivity index (χ0n) is 16.1. The van der Waals surface area contributed by atoms with Gasteiger partial charge in [0, 0.05) is 12.1 Å². The molecule has 0 aliphatic carbocycles. The number of Topliss-reactive ketones (excluding diaryl/α,β-unsaturated/α-hetero) is 1. The average molecular weight is 389 g/mol. The van der Waals surface area contributed by atoms with Gasteiger partial charge in [0.2, 0.25) is 0 Å². The van der Waals surface area contributed by atoms with E-state index in [1.54, 1.807) is 0 Å². The second kappa shape index (κ2) is 7.80. The third-order valence-corrected chi connectivity index (χ3v) is 6.36. The van der Waals surface area contributed by atoms with Gasteiger partial charge in [0.15, 0.2) is 5.78 Å². The predicted octanol–water partition coefficient (Wildman–Crippen LogP) is 5.05. The Bertz CT molecular complexity index is 974. The van der Waals surface area contributed by atoms with Crippen LogP contribution >= 0.6 is 11.8 Å². The van der Waals surface area contributed by atoms with Crippen molar-refractivity contribution < 1.29 is 4.79 Å². The molecule has 0 aromatic heterocycles. The van der Waals surface area contributed by atoms with Crippen LogP contribution in [0.25, 0.3) is 5.57 Å². The van der Waals surface area contributed by atoms with Gasteiger partial charge in [-0.15, -0.1) is 0 Å². The maximum atomic E-state index is 12.8. The van der Waals surface area contributed by atoms with Crippen LogP contribution in [0, 0.1) is 11.8 Å². The molecule has 2 atom stereocenters. The van der Waals surface area contributed by atoms with Crippen LogP contribution in [0.3, 0.4) is 0 Å². The minimum absolute atomic E-state index is 0.0639. The summed E-state index contributed by atoms with van der Waals surface area (Å²) in [6.45, 7) is 4.12. The van der Waals surface area contributed by atoms with E-state index < -0.39 is 0 Å². The third-order valence-electron chi connectivity index (χ3n) is 5.04. The molecule has 0 amide bonds. The first-order valence-electron chi connectivity index (χ1n) is 9.64. The Kier molecular flexibility index (Phi) is 5.23. The summed E-state index contributed by atoms with van der Waals surface area (Å²) in [5.41, 5.74) is 11.5. The number of allylic oxidation sites excluding steroid dienone is 2. The first-order valence-corrected chi connectivity index (χ1v) is 10.5. The molecule has 0 fully saturated rings. The Morgan fingerprint density at radius 3 is 2.25 bits per heavy atom. The number of hydrogen-bond donors (Lipinski definition) is 1. The number of benzene rings is 2. The monoisotopic (exact) mass is 388 g/mol. The van der Waals surface area contributed by atoms with Crippen molar-refractivity contribution in [3.63, 3.8) is 0 Å². The largest absolute Gasteiger partial charge is 0.400 e. The molecule has 28 heavy (non-hydrogen) atoms. The summed E-state index contributed by atoms with van der Waals surface area (Å²) in [6.07, 6.45) is 2.65. The van der Waals surface area contributed by atoms with E-state index in [1.165, 1.54) is 11.8 Å². The molecule has 0 unspecified atom stereocenters. The number of fused-ring (bicyclic) bond motifs is 1. The zero-order valence-corrected chi connectivity index (χ0v) is 16.9. The van der Waals surface area contributed by atoms with Crippen molar-refractivity contribution in [2.75, 3.05) is 0 Å². The van der Waals surface area contributed by atoms with E-state index in [0.29, 0.717) is 22.9 Å². The van der Waals surface area contributed by atoms with Gasteiger partial charge in [-0.2, -0.15) is 0 Å². The molecule has 0 spiro atoms. The molecule has 2 heterocycles. The first-order chi connectivity index (χ1) is 13.5. The number of hydrogen-bond acceptors (Lipinski definition) is 4. The molecule has 0 saturated heterocycles. The minimum atomic E-state index is -0.0958. The predicted molar refractivity (Wildman–Crippen MR) is 118 cm³/mol. The van der Waals surface area contributed by atoms with E-state index in [2.05, 4.69) is 44.2 Å². The smallest absolute Gasteiger partial charge is 0.171 e. The van der Waals surface area contributed by atoms with E-state index in [-0.39, 0.29) is 17.1 Å². The van der Waals surface area contributed by atoms with Crippen LogP contribution in [0.2, 0.25) is 0 Å². The van der Waals surface area contributed by atoms with Crippen LogP contribution in [0.5, 0.6) is 0 Å². The second-order valence-corrected chi connectivity index (χ2v) is 8.76. The van der Waals surface area contributed by atoms with Gasteiger partial charge in [-0.3, -0.25) is 9.79 Å². The van der Waals surface area contributed by atoms with Crippen LogP contribution < -0.4 is 5.73 Å². The number of aliphatic imine (C=N–C) groups is 1. The van der Waals surface area contributed by atoms with E-state index in [1.807, 2.05) is 36.4 Å². The number of nitrogens with two attached hydrogens (primary N) is 1. The number of nitrogens with zero attached hydrogens (tertiary/aromatic N) is 1. The molecule has 2 aromatic rings. The molecule has 2 aromatic carbocycles. The summed E-state index contributed by atoms with van der Waals surface area (Å²) in [6, 6.07) is 20.5. The zero-order chi connectivity index (χ0) is 19.7. The van der Waals surface area contributed by atoms with Gasteiger partial charge in [0.1, 0.15) is 5.37 Å². The summed E-state index contributed by atoms with van der Waals surface area (Å²) in [7, 11) is 0. The van der Waals surface area contributed by atoms with E-state index in [9.17, 15) is 4.79 Å². The van der Waals surface area contributed by atoms with Crippen LogP contribution in [0.4, 0.5) is 0 Å². The first kappa shape index (κ1) is 18.8. The number of ketones is 1. The van der Waals surface area contributed by atoms with Crippen LogP contribution in [-0.4, -0.2) is 16.9 Å². The molecule has 3 nitrogen and oxygen atoms in total. The summed E-state index contributed by atoms with van der Waals surface area (Å²) >= 11 is 1.53. The fraction of sp³-hybridized carbons (Fsp3) is 0.250. The summed E-state index contributed by atoms with van der Waals surface area (Å²) in [4.78, 5) is 18.5. The lowest BCUT2D eigenvalue weighted by molar-refractivity contribution is -0.115. The van der Waals surface area contributed by atoms with E-state index in [0.717, 1.165) is 22.4 Å². The SMILES string of the molecule is CC(C)CC(=O)C1=C(N)[C@H]2C(c3ccccc3)=CC(c3ccccc3)=N[C@@H]2S1. The van der Waals surface area contributed by atoms with Gasteiger partial charge in [-0.25, -0.2) is 0 Å². The fourth-order valence-electron chi connectivity index (χ4n) is 3.74. The van der Waals surface area contributed by atoms with Crippen molar-refractivity contribution in [3.8, 4) is 0 Å². The Balaban J connectivity index is 1.78. The standard InChI is InChI=1S/C24H24N2OS/c1-15(2)13-20(27)23-22(25)21-18(16-9-5-3-6-10-16)14-19(26-24(21)28-23)17-11-7-4-8-12-17/h3-12,14-15,21,24H,13,25H2,1-2H3/t21-,24-/m1/s1. The highest BCUT2D eigenvalue weighted by atomic mass is 32.2. The van der Waals surface area contributed by atoms with Crippen molar-refractivity contribution in [2.24, 2.45) is 22.6 Å². The molecule has 142 valence electrons. The highest BCUT2D eigenvalue weighted by Crippen LogP contribution is 2.49. The van der Waals surface area contributed by atoms with Crippen molar-refractivity contribution in [1.82, 2.24) is 0 Å². The Labute approximate surface area is 170 Å². The molecule has 0 saturated carbocycles. The fourth-order valence-corrected chi connectivity index (χ4v) is 5.05. The lowest BCUT2D eigenvalue weighted by Gasteiger charge is -2.26. The molecular weight excluding hydrogens is 364 g/mol. The Morgan fingerprint density at radius 1 is 1.04 bits per heavy atom. The molecule has 0 radical (unpaired) electrons. The Hall–Kier alpha value is -2.59. The molecular formula is C24H24N2OS. The van der Waals surface area contributed by atoms with Crippen LogP contribution in [0.15, 0.2) is 82.3 Å². The summed E-state index contributed by atoms with van der Waals surface area (Å²) in [5, 5.41) is -0.0958. The van der Waals surface area contributed by atoms with Crippen molar-refractivity contribution >= 4 is 28.8 Å². The van der Waals surface area contributed by atoms with Gasteiger partial charge < -0.3 is 5.73 Å². The summed E-state index contributed by atoms with van der Waals surface area (Å²) in [5.74, 6) is 0.380.